The molecule has 2 aromatic rings. The van der Waals surface area contributed by atoms with Gasteiger partial charge in [0.15, 0.2) is 0 Å². The molecule has 2 atom stereocenters. The van der Waals surface area contributed by atoms with Crippen molar-refractivity contribution in [3.8, 4) is 5.75 Å². The third-order valence-corrected chi connectivity index (χ3v) is 3.54. The molecule has 0 bridgehead atoms. The van der Waals surface area contributed by atoms with Gasteiger partial charge < -0.3 is 10.5 Å². The fraction of sp³-hybridized carbons (Fsp3) is 0.250. The predicted molar refractivity (Wildman–Crippen MR) is 72.5 cm³/mol. The van der Waals surface area contributed by atoms with E-state index in [0.29, 0.717) is 6.42 Å². The van der Waals surface area contributed by atoms with E-state index in [4.69, 9.17) is 10.5 Å². The van der Waals surface area contributed by atoms with Crippen LogP contribution in [0.1, 0.15) is 35.3 Å². The van der Waals surface area contributed by atoms with Gasteiger partial charge in [-0.1, -0.05) is 29.8 Å². The van der Waals surface area contributed by atoms with Crippen molar-refractivity contribution in [1.29, 1.82) is 0 Å². The lowest BCUT2D eigenvalue weighted by Gasteiger charge is -2.30. The van der Waals surface area contributed by atoms with Crippen LogP contribution in [0.5, 0.6) is 5.75 Å². The molecule has 0 saturated heterocycles. The number of benzene rings is 2. The van der Waals surface area contributed by atoms with Crippen molar-refractivity contribution in [3.63, 3.8) is 0 Å². The first-order valence-corrected chi connectivity index (χ1v) is 6.42. The Morgan fingerprint density at radius 2 is 1.89 bits per heavy atom. The molecule has 98 valence electrons. The molecule has 0 radical (unpaired) electrons. The maximum Gasteiger partial charge on any atom is 0.126 e. The summed E-state index contributed by atoms with van der Waals surface area (Å²) in [5, 5.41) is 0. The first kappa shape index (κ1) is 12.2. The van der Waals surface area contributed by atoms with Gasteiger partial charge in [0.25, 0.3) is 0 Å². The zero-order chi connectivity index (χ0) is 13.4. The third-order valence-electron chi connectivity index (χ3n) is 3.54. The van der Waals surface area contributed by atoms with E-state index < -0.39 is 0 Å². The van der Waals surface area contributed by atoms with E-state index >= 15 is 0 Å². The monoisotopic (exact) mass is 257 g/mol. The summed E-state index contributed by atoms with van der Waals surface area (Å²) in [6, 6.07) is 12.4. The molecule has 19 heavy (non-hydrogen) atoms. The molecule has 2 N–H and O–H groups in total. The number of halogens is 1. The Morgan fingerprint density at radius 1 is 1.16 bits per heavy atom. The number of hydrogen-bond donors (Lipinski definition) is 1. The summed E-state index contributed by atoms with van der Waals surface area (Å²) < 4.78 is 18.9. The molecule has 3 heteroatoms. The van der Waals surface area contributed by atoms with E-state index in [2.05, 4.69) is 6.07 Å². The molecule has 0 saturated carbocycles. The van der Waals surface area contributed by atoms with Crippen molar-refractivity contribution < 1.29 is 9.13 Å². The number of rotatable bonds is 1. The largest absolute Gasteiger partial charge is 0.485 e. The molecule has 1 aliphatic heterocycles. The Bertz CT molecular complexity index is 594. The van der Waals surface area contributed by atoms with E-state index in [-0.39, 0.29) is 18.0 Å². The van der Waals surface area contributed by atoms with Gasteiger partial charge in [0.2, 0.25) is 0 Å². The van der Waals surface area contributed by atoms with Crippen LogP contribution in [0.2, 0.25) is 0 Å². The molecule has 0 spiro atoms. The molecule has 1 unspecified atom stereocenters. The Labute approximate surface area is 112 Å². The second kappa shape index (κ2) is 4.67. The van der Waals surface area contributed by atoms with Crippen LogP contribution in [0, 0.1) is 12.7 Å². The molecule has 2 aromatic carbocycles. The number of fused-ring (bicyclic) bond motifs is 1. The Hall–Kier alpha value is -1.87. The smallest absolute Gasteiger partial charge is 0.126 e. The van der Waals surface area contributed by atoms with Crippen LogP contribution < -0.4 is 10.5 Å². The lowest BCUT2D eigenvalue weighted by molar-refractivity contribution is 0.161. The van der Waals surface area contributed by atoms with Crippen molar-refractivity contribution >= 4 is 0 Å². The van der Waals surface area contributed by atoms with Crippen LogP contribution in [0.4, 0.5) is 4.39 Å². The Morgan fingerprint density at radius 3 is 2.63 bits per heavy atom. The van der Waals surface area contributed by atoms with Gasteiger partial charge in [0, 0.05) is 18.0 Å². The zero-order valence-electron chi connectivity index (χ0n) is 10.8. The second-order valence-corrected chi connectivity index (χ2v) is 5.04. The van der Waals surface area contributed by atoms with Crippen molar-refractivity contribution in [2.24, 2.45) is 5.73 Å². The lowest BCUT2D eigenvalue weighted by Crippen LogP contribution is -2.24. The molecule has 1 heterocycles. The van der Waals surface area contributed by atoms with Gasteiger partial charge in [-0.05, 0) is 30.7 Å². The van der Waals surface area contributed by atoms with Crippen LogP contribution in [0.15, 0.2) is 42.5 Å². The molecule has 0 aliphatic carbocycles. The average molecular weight is 257 g/mol. The van der Waals surface area contributed by atoms with Gasteiger partial charge in [0.1, 0.15) is 17.7 Å². The van der Waals surface area contributed by atoms with Crippen LogP contribution in [-0.4, -0.2) is 0 Å². The summed E-state index contributed by atoms with van der Waals surface area (Å²) in [4.78, 5) is 0. The molecular weight excluding hydrogens is 241 g/mol. The average Bonchev–Trinajstić information content (AvgIpc) is 2.40. The summed E-state index contributed by atoms with van der Waals surface area (Å²) in [5.74, 6) is 0.596. The maximum absolute atomic E-state index is 12.9. The highest BCUT2D eigenvalue weighted by Gasteiger charge is 2.26. The van der Waals surface area contributed by atoms with Crippen LogP contribution in [0.25, 0.3) is 0 Å². The molecular formula is C16H16FNO. The number of hydrogen-bond acceptors (Lipinski definition) is 2. The first-order valence-electron chi connectivity index (χ1n) is 6.42. The van der Waals surface area contributed by atoms with Gasteiger partial charge in [-0.25, -0.2) is 4.39 Å². The van der Waals surface area contributed by atoms with Crippen LogP contribution in [-0.2, 0) is 0 Å². The summed E-state index contributed by atoms with van der Waals surface area (Å²) in [6.07, 6.45) is 0.605. The number of ether oxygens (including phenoxy) is 1. The predicted octanol–water partition coefficient (Wildman–Crippen LogP) is 3.66. The van der Waals surface area contributed by atoms with E-state index in [1.165, 1.54) is 17.7 Å². The van der Waals surface area contributed by atoms with E-state index in [1.807, 2.05) is 19.1 Å². The van der Waals surface area contributed by atoms with E-state index in [9.17, 15) is 4.39 Å². The Kier molecular flexibility index (Phi) is 2.99. The van der Waals surface area contributed by atoms with E-state index in [0.717, 1.165) is 16.9 Å². The first-order chi connectivity index (χ1) is 9.13. The highest BCUT2D eigenvalue weighted by Crippen LogP contribution is 2.39. The van der Waals surface area contributed by atoms with Crippen molar-refractivity contribution in [2.45, 2.75) is 25.5 Å². The fourth-order valence-electron chi connectivity index (χ4n) is 2.51. The number of aryl methyl sites for hydroxylation is 1. The van der Waals surface area contributed by atoms with Gasteiger partial charge in [-0.3, -0.25) is 0 Å². The topological polar surface area (TPSA) is 35.2 Å². The van der Waals surface area contributed by atoms with Gasteiger partial charge in [0.05, 0.1) is 0 Å². The van der Waals surface area contributed by atoms with Gasteiger partial charge in [-0.15, -0.1) is 0 Å². The van der Waals surface area contributed by atoms with Crippen LogP contribution in [0.3, 0.4) is 0 Å². The molecule has 1 aliphatic rings. The summed E-state index contributed by atoms with van der Waals surface area (Å²) >= 11 is 0. The maximum atomic E-state index is 12.9. The molecule has 2 nitrogen and oxygen atoms in total. The van der Waals surface area contributed by atoms with Gasteiger partial charge in [-0.2, -0.15) is 0 Å². The van der Waals surface area contributed by atoms with Crippen molar-refractivity contribution in [1.82, 2.24) is 0 Å². The highest BCUT2D eigenvalue weighted by molar-refractivity contribution is 5.41. The highest BCUT2D eigenvalue weighted by atomic mass is 19.1. The standard InChI is InChI=1S/C16H16FNO/c1-10-2-7-15-13(8-10)14(18)9-16(19-15)11-3-5-12(17)6-4-11/h2-8,14,16H,9,18H2,1H3/t14-,16?/m1/s1. The second-order valence-electron chi connectivity index (χ2n) is 5.04. The molecule has 0 fully saturated rings. The number of nitrogens with two attached hydrogens (primary N) is 1. The minimum absolute atomic E-state index is 0.0429. The van der Waals surface area contributed by atoms with Crippen LogP contribution >= 0.6 is 0 Å². The third kappa shape index (κ3) is 2.34. The minimum atomic E-state index is -0.236. The van der Waals surface area contributed by atoms with Gasteiger partial charge >= 0.3 is 0 Å². The lowest BCUT2D eigenvalue weighted by atomic mass is 9.93. The Balaban J connectivity index is 1.92. The van der Waals surface area contributed by atoms with Crippen molar-refractivity contribution in [3.05, 3.63) is 65.0 Å². The quantitative estimate of drug-likeness (QED) is 0.846. The molecule has 0 aromatic heterocycles. The summed E-state index contributed by atoms with van der Waals surface area (Å²) in [7, 11) is 0. The summed E-state index contributed by atoms with van der Waals surface area (Å²) in [5.41, 5.74) is 9.41. The SMILES string of the molecule is Cc1ccc2c(c1)[C@H](N)CC(c1ccc(F)cc1)O2. The zero-order valence-corrected chi connectivity index (χ0v) is 10.8. The normalized spacial score (nSPS) is 21.6. The fourth-order valence-corrected chi connectivity index (χ4v) is 2.51. The molecule has 0 amide bonds. The summed E-state index contributed by atoms with van der Waals surface area (Å²) in [6.45, 7) is 2.04. The minimum Gasteiger partial charge on any atom is -0.485 e. The molecule has 3 rings (SSSR count). The van der Waals surface area contributed by atoms with E-state index in [1.54, 1.807) is 12.1 Å². The van der Waals surface area contributed by atoms with Crippen molar-refractivity contribution in [2.75, 3.05) is 0 Å².